The molecule has 0 spiro atoms. The van der Waals surface area contributed by atoms with E-state index < -0.39 is 10.0 Å². The largest absolute Gasteiger partial charge is 0.326 e. The molecule has 0 saturated heterocycles. The number of rotatable bonds is 5. The van der Waals surface area contributed by atoms with E-state index in [-0.39, 0.29) is 0 Å². The second-order valence-electron chi connectivity index (χ2n) is 6.10. The van der Waals surface area contributed by atoms with Crippen molar-refractivity contribution in [1.29, 1.82) is 0 Å². The number of hydrogen-bond donors (Lipinski definition) is 2. The van der Waals surface area contributed by atoms with Crippen LogP contribution in [0.4, 0.5) is 0 Å². The molecule has 5 heteroatoms. The summed E-state index contributed by atoms with van der Waals surface area (Å²) in [5.74, 6) is 0.479. The zero-order valence-corrected chi connectivity index (χ0v) is 13.8. The summed E-state index contributed by atoms with van der Waals surface area (Å²) in [6, 6.07) is 3.65. The molecule has 1 aromatic carbocycles. The summed E-state index contributed by atoms with van der Waals surface area (Å²) in [4.78, 5) is 0.374. The number of sulfonamides is 1. The van der Waals surface area contributed by atoms with E-state index in [4.69, 9.17) is 5.73 Å². The molecule has 2 rings (SSSR count). The molecular formula is C16H26N2O2S. The third-order valence-electron chi connectivity index (χ3n) is 4.49. The summed E-state index contributed by atoms with van der Waals surface area (Å²) in [6.07, 6.45) is 5.97. The van der Waals surface area contributed by atoms with Gasteiger partial charge in [0.15, 0.2) is 0 Å². The quantitative estimate of drug-likeness (QED) is 0.878. The fourth-order valence-corrected chi connectivity index (χ4v) is 4.47. The summed E-state index contributed by atoms with van der Waals surface area (Å²) in [5.41, 5.74) is 8.29. The summed E-state index contributed by atoms with van der Waals surface area (Å²) in [7, 11) is -3.45. The molecule has 4 nitrogen and oxygen atoms in total. The first-order valence-corrected chi connectivity index (χ1v) is 9.22. The van der Waals surface area contributed by atoms with Crippen LogP contribution in [0.5, 0.6) is 0 Å². The molecule has 3 N–H and O–H groups in total. The van der Waals surface area contributed by atoms with Crippen LogP contribution in [-0.4, -0.2) is 15.0 Å². The molecule has 1 aliphatic carbocycles. The predicted molar refractivity (Wildman–Crippen MR) is 85.6 cm³/mol. The Morgan fingerprint density at radius 3 is 2.48 bits per heavy atom. The van der Waals surface area contributed by atoms with Crippen molar-refractivity contribution in [3.63, 3.8) is 0 Å². The normalized spacial score (nSPS) is 17.1. The Balaban J connectivity index is 2.16. The number of benzene rings is 1. The van der Waals surface area contributed by atoms with Crippen molar-refractivity contribution >= 4 is 10.0 Å². The highest BCUT2D eigenvalue weighted by molar-refractivity contribution is 7.89. The first-order valence-electron chi connectivity index (χ1n) is 7.74. The molecule has 0 amide bonds. The molecule has 118 valence electrons. The van der Waals surface area contributed by atoms with Crippen molar-refractivity contribution in [2.45, 2.75) is 57.4 Å². The Kier molecular flexibility index (Phi) is 5.41. The highest BCUT2D eigenvalue weighted by Gasteiger charge is 2.21. The van der Waals surface area contributed by atoms with Crippen molar-refractivity contribution in [2.24, 2.45) is 11.7 Å². The molecule has 1 aromatic rings. The Morgan fingerprint density at radius 1 is 1.19 bits per heavy atom. The maximum Gasteiger partial charge on any atom is 0.240 e. The standard InChI is InChI=1S/C16H26N2O2S/c1-12-8-15(10-17)9-16(13(12)2)21(19,20)18-11-14-6-4-3-5-7-14/h8-9,14,18H,3-7,10-11,17H2,1-2H3. The number of hydrogen-bond acceptors (Lipinski definition) is 3. The van der Waals surface area contributed by atoms with E-state index in [0.717, 1.165) is 29.5 Å². The van der Waals surface area contributed by atoms with Gasteiger partial charge in [0.1, 0.15) is 0 Å². The molecule has 0 unspecified atom stereocenters. The van der Waals surface area contributed by atoms with Crippen LogP contribution >= 0.6 is 0 Å². The van der Waals surface area contributed by atoms with Crippen LogP contribution in [0.2, 0.25) is 0 Å². The highest BCUT2D eigenvalue weighted by Crippen LogP contribution is 2.25. The lowest BCUT2D eigenvalue weighted by Gasteiger charge is -2.22. The third-order valence-corrected chi connectivity index (χ3v) is 6.04. The monoisotopic (exact) mass is 310 g/mol. The van der Waals surface area contributed by atoms with E-state index in [0.29, 0.717) is 23.9 Å². The summed E-state index contributed by atoms with van der Waals surface area (Å²) in [5, 5.41) is 0. The van der Waals surface area contributed by atoms with Crippen LogP contribution in [-0.2, 0) is 16.6 Å². The van der Waals surface area contributed by atoms with Gasteiger partial charge < -0.3 is 5.73 Å². The average molecular weight is 310 g/mol. The van der Waals surface area contributed by atoms with E-state index in [1.54, 1.807) is 6.07 Å². The average Bonchev–Trinajstić information content (AvgIpc) is 2.48. The number of nitrogens with two attached hydrogens (primary N) is 1. The lowest BCUT2D eigenvalue weighted by atomic mass is 9.90. The molecule has 0 atom stereocenters. The van der Waals surface area contributed by atoms with Gasteiger partial charge in [-0.1, -0.05) is 25.3 Å². The van der Waals surface area contributed by atoms with E-state index in [9.17, 15) is 8.42 Å². The van der Waals surface area contributed by atoms with Crippen molar-refractivity contribution in [2.75, 3.05) is 6.54 Å². The van der Waals surface area contributed by atoms with Gasteiger partial charge in [-0.15, -0.1) is 0 Å². The second kappa shape index (κ2) is 6.90. The van der Waals surface area contributed by atoms with Crippen LogP contribution in [0, 0.1) is 19.8 Å². The molecule has 21 heavy (non-hydrogen) atoms. The van der Waals surface area contributed by atoms with Gasteiger partial charge in [-0.3, -0.25) is 0 Å². The van der Waals surface area contributed by atoms with Gasteiger partial charge in [0.05, 0.1) is 4.90 Å². The second-order valence-corrected chi connectivity index (χ2v) is 7.83. The summed E-state index contributed by atoms with van der Waals surface area (Å²) in [6.45, 7) is 4.68. The number of aryl methyl sites for hydroxylation is 1. The van der Waals surface area contributed by atoms with Crippen LogP contribution in [0.15, 0.2) is 17.0 Å². The van der Waals surface area contributed by atoms with E-state index in [1.165, 1.54) is 19.3 Å². The molecule has 1 aliphatic rings. The predicted octanol–water partition coefficient (Wildman–Crippen LogP) is 2.62. The lowest BCUT2D eigenvalue weighted by Crippen LogP contribution is -2.31. The zero-order chi connectivity index (χ0) is 15.5. The van der Waals surface area contributed by atoms with Crippen LogP contribution in [0.25, 0.3) is 0 Å². The smallest absolute Gasteiger partial charge is 0.240 e. The van der Waals surface area contributed by atoms with E-state index in [2.05, 4.69) is 4.72 Å². The van der Waals surface area contributed by atoms with Gasteiger partial charge in [-0.25, -0.2) is 13.1 Å². The molecule has 0 bridgehead atoms. The minimum absolute atomic E-state index is 0.353. The molecule has 1 saturated carbocycles. The van der Waals surface area contributed by atoms with Gasteiger partial charge in [-0.05, 0) is 55.4 Å². The fraction of sp³-hybridized carbons (Fsp3) is 0.625. The van der Waals surface area contributed by atoms with Crippen molar-refractivity contribution in [1.82, 2.24) is 4.72 Å². The number of nitrogens with one attached hydrogen (secondary N) is 1. The van der Waals surface area contributed by atoms with Crippen molar-refractivity contribution in [3.05, 3.63) is 28.8 Å². The van der Waals surface area contributed by atoms with Crippen molar-refractivity contribution < 1.29 is 8.42 Å². The molecule has 0 radical (unpaired) electrons. The van der Waals surface area contributed by atoms with Crippen LogP contribution in [0.1, 0.15) is 48.8 Å². The van der Waals surface area contributed by atoms with E-state index in [1.807, 2.05) is 19.9 Å². The fourth-order valence-electron chi connectivity index (χ4n) is 2.99. The lowest BCUT2D eigenvalue weighted by molar-refractivity contribution is 0.357. The van der Waals surface area contributed by atoms with Gasteiger partial charge in [-0.2, -0.15) is 0 Å². The van der Waals surface area contributed by atoms with Crippen molar-refractivity contribution in [3.8, 4) is 0 Å². The van der Waals surface area contributed by atoms with E-state index >= 15 is 0 Å². The Morgan fingerprint density at radius 2 is 1.86 bits per heavy atom. The minimum Gasteiger partial charge on any atom is -0.326 e. The molecule has 0 aromatic heterocycles. The molecular weight excluding hydrogens is 284 g/mol. The molecule has 1 fully saturated rings. The Labute approximate surface area is 128 Å². The maximum atomic E-state index is 12.6. The molecule has 0 heterocycles. The van der Waals surface area contributed by atoms with Crippen LogP contribution < -0.4 is 10.5 Å². The summed E-state index contributed by atoms with van der Waals surface area (Å²) >= 11 is 0. The zero-order valence-electron chi connectivity index (χ0n) is 13.0. The first kappa shape index (κ1) is 16.5. The van der Waals surface area contributed by atoms with Crippen LogP contribution in [0.3, 0.4) is 0 Å². The summed E-state index contributed by atoms with van der Waals surface area (Å²) < 4.78 is 27.9. The van der Waals surface area contributed by atoms with Gasteiger partial charge in [0.2, 0.25) is 10.0 Å². The topological polar surface area (TPSA) is 72.2 Å². The van der Waals surface area contributed by atoms with Gasteiger partial charge >= 0.3 is 0 Å². The third kappa shape index (κ3) is 4.05. The van der Waals surface area contributed by atoms with Gasteiger partial charge in [0, 0.05) is 13.1 Å². The van der Waals surface area contributed by atoms with Gasteiger partial charge in [0.25, 0.3) is 0 Å². The molecule has 0 aliphatic heterocycles. The highest BCUT2D eigenvalue weighted by atomic mass is 32.2. The SMILES string of the molecule is Cc1cc(CN)cc(S(=O)(=O)NCC2CCCCC2)c1C. The minimum atomic E-state index is -3.45. The first-order chi connectivity index (χ1) is 9.94. The maximum absolute atomic E-state index is 12.6. The Bertz CT molecular complexity index is 591. The Hall–Kier alpha value is -0.910.